The number of carbonyl (C=O) groups is 2. The predicted octanol–water partition coefficient (Wildman–Crippen LogP) is 6.56. The highest BCUT2D eigenvalue weighted by molar-refractivity contribution is 7.10. The highest BCUT2D eigenvalue weighted by Crippen LogP contribution is 2.16. The molecular weight excluding hydrogens is 342 g/mol. The molecule has 2 aromatic rings. The minimum atomic E-state index is 0. The van der Waals surface area contributed by atoms with Crippen LogP contribution in [0.1, 0.15) is 92.1 Å². The molecule has 0 bridgehead atoms. The highest BCUT2D eigenvalue weighted by atomic mass is 32.1. The van der Waals surface area contributed by atoms with Gasteiger partial charge in [-0.15, -0.1) is 11.3 Å². The maximum Gasteiger partial charge on any atom is 0.164 e. The normalized spacial score (nSPS) is 9.69. The summed E-state index contributed by atoms with van der Waals surface area (Å²) < 4.78 is 0. The summed E-state index contributed by atoms with van der Waals surface area (Å²) in [6.07, 6.45) is 6.76. The van der Waals surface area contributed by atoms with Gasteiger partial charge in [-0.2, -0.15) is 0 Å². The van der Waals surface area contributed by atoms with E-state index >= 15 is 0 Å². The number of pyridine rings is 1. The molecular formula is C22H33NO2S. The molecule has 0 aromatic carbocycles. The quantitative estimate of drug-likeness (QED) is 0.491. The van der Waals surface area contributed by atoms with E-state index < -0.39 is 0 Å². The minimum absolute atomic E-state index is 0. The van der Waals surface area contributed by atoms with Gasteiger partial charge in [-0.1, -0.05) is 35.1 Å². The van der Waals surface area contributed by atoms with Crippen molar-refractivity contribution in [2.24, 2.45) is 0 Å². The molecule has 0 radical (unpaired) electrons. The fourth-order valence-electron chi connectivity index (χ4n) is 2.25. The first-order valence-electron chi connectivity index (χ1n) is 9.14. The lowest BCUT2D eigenvalue weighted by Gasteiger charge is -1.99. The van der Waals surface area contributed by atoms with E-state index in [1.165, 1.54) is 4.88 Å². The van der Waals surface area contributed by atoms with Crippen molar-refractivity contribution in [2.45, 2.75) is 73.6 Å². The molecule has 0 aliphatic rings. The zero-order valence-corrected chi connectivity index (χ0v) is 16.6. The van der Waals surface area contributed by atoms with Crippen molar-refractivity contribution in [3.8, 4) is 0 Å². The Labute approximate surface area is 162 Å². The Morgan fingerprint density at radius 3 is 1.96 bits per heavy atom. The van der Waals surface area contributed by atoms with Crippen molar-refractivity contribution in [1.82, 2.24) is 4.98 Å². The first kappa shape index (κ1) is 24.2. The molecule has 0 spiro atoms. The van der Waals surface area contributed by atoms with E-state index in [0.717, 1.165) is 42.5 Å². The molecule has 2 heterocycles. The van der Waals surface area contributed by atoms with E-state index in [-0.39, 0.29) is 19.0 Å². The van der Waals surface area contributed by atoms with Crippen LogP contribution >= 0.6 is 11.3 Å². The maximum atomic E-state index is 11.4. The number of carbonyl (C=O) groups excluding carboxylic acids is 2. The number of hydrogen-bond acceptors (Lipinski definition) is 4. The number of hydrogen-bond donors (Lipinski definition) is 0. The van der Waals surface area contributed by atoms with Crippen LogP contribution in [0.5, 0.6) is 0 Å². The molecule has 26 heavy (non-hydrogen) atoms. The fraction of sp³-hybridized carbons (Fsp3) is 0.500. The topological polar surface area (TPSA) is 47.0 Å². The number of Topliss-reactive ketones (excluding diaryl/α,β-unsaturated/α-hetero) is 2. The molecule has 144 valence electrons. The number of aryl methyl sites for hydroxylation is 2. The molecule has 2 rings (SSSR count). The first-order valence-corrected chi connectivity index (χ1v) is 10.0. The van der Waals surface area contributed by atoms with E-state index in [0.29, 0.717) is 12.8 Å². The summed E-state index contributed by atoms with van der Waals surface area (Å²) in [6.45, 7) is 8.20. The third-order valence-corrected chi connectivity index (χ3v) is 4.87. The van der Waals surface area contributed by atoms with Crippen molar-refractivity contribution in [3.05, 3.63) is 51.5 Å². The summed E-state index contributed by atoms with van der Waals surface area (Å²) in [4.78, 5) is 28.3. The Morgan fingerprint density at radius 2 is 1.54 bits per heavy atom. The van der Waals surface area contributed by atoms with Crippen molar-refractivity contribution >= 4 is 22.9 Å². The Kier molecular flexibility index (Phi) is 12.5. The first-order chi connectivity index (χ1) is 12.0. The average molecular weight is 376 g/mol. The lowest BCUT2D eigenvalue weighted by atomic mass is 10.1. The monoisotopic (exact) mass is 375 g/mol. The van der Waals surface area contributed by atoms with Crippen LogP contribution in [0.25, 0.3) is 0 Å². The highest BCUT2D eigenvalue weighted by Gasteiger charge is 2.06. The van der Waals surface area contributed by atoms with E-state index in [1.807, 2.05) is 37.4 Å². The number of thiophene rings is 1. The van der Waals surface area contributed by atoms with Crippen molar-refractivity contribution in [3.63, 3.8) is 0 Å². The Morgan fingerprint density at radius 1 is 0.923 bits per heavy atom. The second-order valence-electron chi connectivity index (χ2n) is 5.89. The molecule has 2 aromatic heterocycles. The van der Waals surface area contributed by atoms with Gasteiger partial charge in [0.15, 0.2) is 11.6 Å². The SMILES string of the molecule is C.CCCC(=O)c1ccc(CC)nc1.CCCC(=O)c1csc(CC)c1. The van der Waals surface area contributed by atoms with E-state index in [1.54, 1.807) is 17.5 Å². The van der Waals surface area contributed by atoms with Gasteiger partial charge in [0.05, 0.1) is 0 Å². The van der Waals surface area contributed by atoms with Gasteiger partial charge in [0.25, 0.3) is 0 Å². The second-order valence-corrected chi connectivity index (χ2v) is 6.89. The molecule has 4 heteroatoms. The number of rotatable bonds is 8. The molecule has 0 atom stereocenters. The zero-order valence-electron chi connectivity index (χ0n) is 15.8. The lowest BCUT2D eigenvalue weighted by Crippen LogP contribution is -1.99. The van der Waals surface area contributed by atoms with E-state index in [9.17, 15) is 9.59 Å². The molecule has 0 amide bonds. The van der Waals surface area contributed by atoms with Gasteiger partial charge in [0, 0.05) is 46.1 Å². The summed E-state index contributed by atoms with van der Waals surface area (Å²) in [6, 6.07) is 5.80. The van der Waals surface area contributed by atoms with Gasteiger partial charge in [-0.05, 0) is 43.9 Å². The second kappa shape index (κ2) is 13.4. The summed E-state index contributed by atoms with van der Waals surface area (Å²) in [5.41, 5.74) is 2.67. The smallest absolute Gasteiger partial charge is 0.164 e. The summed E-state index contributed by atoms with van der Waals surface area (Å²) >= 11 is 1.68. The average Bonchev–Trinajstić information content (AvgIpc) is 3.12. The van der Waals surface area contributed by atoms with Gasteiger partial charge >= 0.3 is 0 Å². The molecule has 0 fully saturated rings. The number of nitrogens with zero attached hydrogens (tertiary/aromatic N) is 1. The van der Waals surface area contributed by atoms with Crippen LogP contribution < -0.4 is 0 Å². The van der Waals surface area contributed by atoms with Gasteiger partial charge in [-0.3, -0.25) is 14.6 Å². The Hall–Kier alpha value is -1.81. The molecule has 0 saturated carbocycles. The van der Waals surface area contributed by atoms with E-state index in [4.69, 9.17) is 0 Å². The van der Waals surface area contributed by atoms with Gasteiger partial charge in [0.1, 0.15) is 0 Å². The van der Waals surface area contributed by atoms with Crippen LogP contribution in [0.3, 0.4) is 0 Å². The van der Waals surface area contributed by atoms with Crippen LogP contribution in [0.2, 0.25) is 0 Å². The molecule has 3 nitrogen and oxygen atoms in total. The minimum Gasteiger partial charge on any atom is -0.294 e. The summed E-state index contributed by atoms with van der Waals surface area (Å²) in [5, 5.41) is 1.97. The van der Waals surface area contributed by atoms with Crippen LogP contribution in [-0.2, 0) is 12.8 Å². The van der Waals surface area contributed by atoms with Gasteiger partial charge in [-0.25, -0.2) is 0 Å². The molecule has 0 N–H and O–H groups in total. The van der Waals surface area contributed by atoms with Crippen molar-refractivity contribution in [1.29, 1.82) is 0 Å². The fourth-order valence-corrected chi connectivity index (χ4v) is 3.09. The van der Waals surface area contributed by atoms with E-state index in [2.05, 4.69) is 18.8 Å². The zero-order chi connectivity index (χ0) is 18.7. The lowest BCUT2D eigenvalue weighted by molar-refractivity contribution is 0.0973. The van der Waals surface area contributed by atoms with Gasteiger partial charge < -0.3 is 0 Å². The molecule has 0 saturated heterocycles. The number of ketones is 2. The maximum absolute atomic E-state index is 11.4. The third kappa shape index (κ3) is 8.05. The van der Waals surface area contributed by atoms with Crippen LogP contribution in [0.15, 0.2) is 29.8 Å². The predicted molar refractivity (Wildman–Crippen MR) is 113 cm³/mol. The van der Waals surface area contributed by atoms with Crippen LogP contribution in [-0.4, -0.2) is 16.6 Å². The molecule has 0 aliphatic heterocycles. The standard InChI is InChI=1S/C11H15NO.C10H14OS.CH4/c1-3-5-11(13)9-6-7-10(4-2)12-8-9;1-3-5-10(11)8-6-9(4-2)12-7-8;/h6-8H,3-5H2,1-2H3;6-7H,3-5H2,1-2H3;1H4. The van der Waals surface area contributed by atoms with Crippen molar-refractivity contribution in [2.75, 3.05) is 0 Å². The molecule has 0 aliphatic carbocycles. The number of aromatic nitrogens is 1. The van der Waals surface area contributed by atoms with Gasteiger partial charge in [0.2, 0.25) is 0 Å². The van der Waals surface area contributed by atoms with Crippen LogP contribution in [0, 0.1) is 0 Å². The van der Waals surface area contributed by atoms with Crippen molar-refractivity contribution < 1.29 is 9.59 Å². The molecule has 0 unspecified atom stereocenters. The Bertz CT molecular complexity index is 659. The van der Waals surface area contributed by atoms with Crippen LogP contribution in [0.4, 0.5) is 0 Å². The largest absolute Gasteiger partial charge is 0.294 e. The summed E-state index contributed by atoms with van der Waals surface area (Å²) in [7, 11) is 0. The summed E-state index contributed by atoms with van der Waals surface area (Å²) in [5.74, 6) is 0.478. The third-order valence-electron chi connectivity index (χ3n) is 3.79. The Balaban J connectivity index is 0.000000464.